The number of nitrogens with one attached hydrogen (secondary N) is 1. The van der Waals surface area contributed by atoms with Crippen LogP contribution in [0.25, 0.3) is 0 Å². The average molecular weight is 434 g/mol. The van der Waals surface area contributed by atoms with Gasteiger partial charge < -0.3 is 19.5 Å². The number of methoxy groups -OCH3 is 2. The second-order valence-electron chi connectivity index (χ2n) is 6.28. The number of hydrogen-bond donors (Lipinski definition) is 1. The molecule has 0 spiro atoms. The van der Waals surface area contributed by atoms with Gasteiger partial charge in [0.1, 0.15) is 12.4 Å². The van der Waals surface area contributed by atoms with E-state index in [0.29, 0.717) is 30.5 Å². The Hall–Kier alpha value is -2.40. The smallest absolute Gasteiger partial charge is 0.166 e. The Balaban J connectivity index is 0.00000300. The molecule has 3 aromatic rings. The summed E-state index contributed by atoms with van der Waals surface area (Å²) < 4.78 is 17.0. The molecule has 0 atom stereocenters. The molecule has 0 aliphatic rings. The van der Waals surface area contributed by atoms with Crippen LogP contribution in [0, 0.1) is 0 Å². The van der Waals surface area contributed by atoms with Crippen LogP contribution in [0.1, 0.15) is 16.7 Å². The molecule has 0 aliphatic heterocycles. The molecule has 154 valence electrons. The zero-order valence-electron chi connectivity index (χ0n) is 16.5. The quantitative estimate of drug-likeness (QED) is 0.473. The van der Waals surface area contributed by atoms with E-state index in [1.165, 1.54) is 0 Å². The fourth-order valence-electron chi connectivity index (χ4n) is 2.94. The van der Waals surface area contributed by atoms with E-state index in [9.17, 15) is 0 Å². The van der Waals surface area contributed by atoms with Gasteiger partial charge in [-0.15, -0.1) is 12.4 Å². The third kappa shape index (κ3) is 6.29. The molecule has 0 fully saturated rings. The van der Waals surface area contributed by atoms with Crippen molar-refractivity contribution in [2.45, 2.75) is 19.7 Å². The summed E-state index contributed by atoms with van der Waals surface area (Å²) in [7, 11) is 3.33. The lowest BCUT2D eigenvalue weighted by atomic mass is 10.1. The van der Waals surface area contributed by atoms with E-state index in [0.717, 1.165) is 28.2 Å². The van der Waals surface area contributed by atoms with Crippen molar-refractivity contribution in [2.75, 3.05) is 14.2 Å². The van der Waals surface area contributed by atoms with Crippen molar-refractivity contribution < 1.29 is 14.2 Å². The summed E-state index contributed by atoms with van der Waals surface area (Å²) in [5.41, 5.74) is 3.18. The number of rotatable bonds is 9. The lowest BCUT2D eigenvalue weighted by Gasteiger charge is -2.16. The molecule has 3 rings (SSSR count). The van der Waals surface area contributed by atoms with Crippen molar-refractivity contribution in [1.82, 2.24) is 5.32 Å². The second-order valence-corrected chi connectivity index (χ2v) is 6.72. The van der Waals surface area contributed by atoms with Crippen molar-refractivity contribution in [2.24, 2.45) is 0 Å². The standard InChI is InChI=1S/C23H24ClNO3.ClH/c1-26-21-8-4-3-6-18(21)14-25-15-19-7-5-9-22(27-2)23(19)28-16-17-10-12-20(24)13-11-17;/h3-13,25H,14-16H2,1-2H3;1H. The van der Waals surface area contributed by atoms with Gasteiger partial charge in [-0.1, -0.05) is 54.1 Å². The van der Waals surface area contributed by atoms with Crippen LogP contribution in [0.15, 0.2) is 66.7 Å². The van der Waals surface area contributed by atoms with Gasteiger partial charge in [-0.05, 0) is 29.8 Å². The maximum absolute atomic E-state index is 6.10. The normalized spacial score (nSPS) is 10.2. The van der Waals surface area contributed by atoms with Crippen molar-refractivity contribution in [3.8, 4) is 17.2 Å². The molecule has 3 aromatic carbocycles. The highest BCUT2D eigenvalue weighted by molar-refractivity contribution is 6.30. The van der Waals surface area contributed by atoms with Gasteiger partial charge in [-0.2, -0.15) is 0 Å². The van der Waals surface area contributed by atoms with E-state index in [-0.39, 0.29) is 12.4 Å². The Kier molecular flexibility index (Phi) is 9.13. The minimum absolute atomic E-state index is 0. The van der Waals surface area contributed by atoms with Gasteiger partial charge in [0.2, 0.25) is 0 Å². The van der Waals surface area contributed by atoms with Crippen LogP contribution in [-0.2, 0) is 19.7 Å². The Morgan fingerprint density at radius 3 is 2.10 bits per heavy atom. The van der Waals surface area contributed by atoms with E-state index in [2.05, 4.69) is 11.4 Å². The van der Waals surface area contributed by atoms with E-state index in [4.69, 9.17) is 25.8 Å². The molecule has 0 saturated carbocycles. The van der Waals surface area contributed by atoms with Crippen LogP contribution in [0.5, 0.6) is 17.2 Å². The van der Waals surface area contributed by atoms with Crippen LogP contribution < -0.4 is 19.5 Å². The SMILES string of the molecule is COc1ccccc1CNCc1cccc(OC)c1OCc1ccc(Cl)cc1.Cl. The van der Waals surface area contributed by atoms with Gasteiger partial charge in [0.05, 0.1) is 14.2 Å². The van der Waals surface area contributed by atoms with Gasteiger partial charge in [0, 0.05) is 29.2 Å². The zero-order chi connectivity index (χ0) is 19.8. The van der Waals surface area contributed by atoms with Crippen LogP contribution >= 0.6 is 24.0 Å². The molecule has 0 heterocycles. The Labute approximate surface area is 183 Å². The number of hydrogen-bond acceptors (Lipinski definition) is 4. The highest BCUT2D eigenvalue weighted by Gasteiger charge is 2.11. The molecule has 0 amide bonds. The van der Waals surface area contributed by atoms with Crippen LogP contribution in [0.4, 0.5) is 0 Å². The van der Waals surface area contributed by atoms with Gasteiger partial charge in [-0.25, -0.2) is 0 Å². The van der Waals surface area contributed by atoms with E-state index in [1.54, 1.807) is 14.2 Å². The molecular formula is C23H25Cl2NO3. The molecular weight excluding hydrogens is 409 g/mol. The largest absolute Gasteiger partial charge is 0.496 e. The molecule has 1 N–H and O–H groups in total. The maximum atomic E-state index is 6.10. The minimum atomic E-state index is 0. The zero-order valence-corrected chi connectivity index (χ0v) is 18.1. The predicted octanol–water partition coefficient (Wildman–Crippen LogP) is 5.65. The molecule has 0 saturated heterocycles. The number of para-hydroxylation sites is 2. The molecule has 0 radical (unpaired) electrons. The minimum Gasteiger partial charge on any atom is -0.496 e. The summed E-state index contributed by atoms with van der Waals surface area (Å²) in [6, 6.07) is 21.5. The first-order valence-corrected chi connectivity index (χ1v) is 9.44. The molecule has 6 heteroatoms. The van der Waals surface area contributed by atoms with Gasteiger partial charge in [0.15, 0.2) is 11.5 Å². The fraction of sp³-hybridized carbons (Fsp3) is 0.217. The molecule has 0 bridgehead atoms. The second kappa shape index (κ2) is 11.6. The number of halogens is 2. The number of ether oxygens (including phenoxy) is 3. The van der Waals surface area contributed by atoms with Crippen LogP contribution in [-0.4, -0.2) is 14.2 Å². The molecule has 0 aliphatic carbocycles. The van der Waals surface area contributed by atoms with Crippen molar-refractivity contribution in [3.05, 3.63) is 88.4 Å². The molecule has 0 unspecified atom stereocenters. The van der Waals surface area contributed by atoms with Crippen LogP contribution in [0.2, 0.25) is 5.02 Å². The van der Waals surface area contributed by atoms with E-state index >= 15 is 0 Å². The Morgan fingerprint density at radius 2 is 1.38 bits per heavy atom. The predicted molar refractivity (Wildman–Crippen MR) is 120 cm³/mol. The van der Waals surface area contributed by atoms with Crippen LogP contribution in [0.3, 0.4) is 0 Å². The summed E-state index contributed by atoms with van der Waals surface area (Å²) in [4.78, 5) is 0. The molecule has 4 nitrogen and oxygen atoms in total. The lowest BCUT2D eigenvalue weighted by molar-refractivity contribution is 0.280. The topological polar surface area (TPSA) is 39.7 Å². The fourth-order valence-corrected chi connectivity index (χ4v) is 3.07. The van der Waals surface area contributed by atoms with Crippen molar-refractivity contribution in [3.63, 3.8) is 0 Å². The van der Waals surface area contributed by atoms with Crippen molar-refractivity contribution in [1.29, 1.82) is 0 Å². The summed E-state index contributed by atoms with van der Waals surface area (Å²) in [5, 5.41) is 4.17. The summed E-state index contributed by atoms with van der Waals surface area (Å²) >= 11 is 5.95. The molecule has 29 heavy (non-hydrogen) atoms. The van der Waals surface area contributed by atoms with E-state index < -0.39 is 0 Å². The Bertz CT molecular complexity index is 901. The van der Waals surface area contributed by atoms with Gasteiger partial charge >= 0.3 is 0 Å². The molecule has 0 aromatic heterocycles. The summed E-state index contributed by atoms with van der Waals surface area (Å²) in [6.45, 7) is 1.78. The third-order valence-electron chi connectivity index (χ3n) is 4.40. The highest BCUT2D eigenvalue weighted by atomic mass is 35.5. The lowest BCUT2D eigenvalue weighted by Crippen LogP contribution is -2.14. The summed E-state index contributed by atoms with van der Waals surface area (Å²) in [5.74, 6) is 2.33. The maximum Gasteiger partial charge on any atom is 0.166 e. The first-order valence-electron chi connectivity index (χ1n) is 9.07. The first kappa shape index (κ1) is 22.9. The summed E-state index contributed by atoms with van der Waals surface area (Å²) in [6.07, 6.45) is 0. The van der Waals surface area contributed by atoms with Crippen molar-refractivity contribution >= 4 is 24.0 Å². The Morgan fingerprint density at radius 1 is 0.759 bits per heavy atom. The van der Waals surface area contributed by atoms with Gasteiger partial charge in [-0.3, -0.25) is 0 Å². The van der Waals surface area contributed by atoms with Gasteiger partial charge in [0.25, 0.3) is 0 Å². The monoisotopic (exact) mass is 433 g/mol. The van der Waals surface area contributed by atoms with E-state index in [1.807, 2.05) is 60.7 Å². The third-order valence-corrected chi connectivity index (χ3v) is 4.65. The first-order chi connectivity index (χ1) is 13.7. The number of benzene rings is 3. The highest BCUT2D eigenvalue weighted by Crippen LogP contribution is 2.32. The average Bonchev–Trinajstić information content (AvgIpc) is 2.74.